The van der Waals surface area contributed by atoms with Crippen molar-refractivity contribution in [3.05, 3.63) is 67.2 Å². The number of halogens is 3. The van der Waals surface area contributed by atoms with Gasteiger partial charge in [-0.25, -0.2) is 4.98 Å². The molecule has 202 valence electrons. The zero-order valence-electron chi connectivity index (χ0n) is 21.1. The Morgan fingerprint density at radius 2 is 1.82 bits per heavy atom. The van der Waals surface area contributed by atoms with Gasteiger partial charge in [-0.3, -0.25) is 0 Å². The number of fused-ring (bicyclic) bond motifs is 1. The molecule has 9 rings (SSSR count). The molecule has 2 aromatic heterocycles. The van der Waals surface area contributed by atoms with E-state index in [1.165, 1.54) is 0 Å². The van der Waals surface area contributed by atoms with Gasteiger partial charge in [-0.2, -0.15) is 0 Å². The van der Waals surface area contributed by atoms with Gasteiger partial charge in [-0.05, 0) is 93.0 Å². The van der Waals surface area contributed by atoms with Crippen molar-refractivity contribution in [3.8, 4) is 11.3 Å². The Morgan fingerprint density at radius 1 is 1.08 bits per heavy atom. The van der Waals surface area contributed by atoms with E-state index >= 15 is 0 Å². The van der Waals surface area contributed by atoms with Crippen molar-refractivity contribution in [2.45, 2.75) is 68.7 Å². The smallest absolute Gasteiger partial charge is 0.145 e. The third-order valence-corrected chi connectivity index (χ3v) is 11.8. The molecular weight excluding hydrogens is 619 g/mol. The molecule has 9 heteroatoms. The molecule has 2 aromatic carbocycles. The minimum atomic E-state index is -0.896. The number of aliphatic hydroxyl groups is 1. The predicted octanol–water partition coefficient (Wildman–Crippen LogP) is 8.88. The Kier molecular flexibility index (Phi) is 5.83. The molecule has 5 fully saturated rings. The van der Waals surface area contributed by atoms with Crippen molar-refractivity contribution in [3.63, 3.8) is 0 Å². The lowest BCUT2D eigenvalue weighted by molar-refractivity contribution is -0.250. The molecule has 5 nitrogen and oxygen atoms in total. The summed E-state index contributed by atoms with van der Waals surface area (Å²) in [5.74, 6) is 2.12. The highest BCUT2D eigenvalue weighted by Crippen LogP contribution is 2.65. The van der Waals surface area contributed by atoms with E-state index in [0.29, 0.717) is 39.7 Å². The molecule has 0 aliphatic heterocycles. The molecule has 2 heterocycles. The van der Waals surface area contributed by atoms with Gasteiger partial charge in [-0.1, -0.05) is 50.4 Å². The van der Waals surface area contributed by atoms with E-state index in [9.17, 15) is 5.11 Å². The normalized spacial score (nSPS) is 31.4. The summed E-state index contributed by atoms with van der Waals surface area (Å²) in [4.78, 5) is 4.94. The summed E-state index contributed by atoms with van der Waals surface area (Å²) in [6, 6.07) is 11.6. The van der Waals surface area contributed by atoms with E-state index in [0.717, 1.165) is 76.0 Å². The van der Waals surface area contributed by atoms with E-state index in [2.05, 4.69) is 27.2 Å². The molecule has 0 amide bonds. The SMILES string of the molecule is O[C@@]1(c2nc3ccc(Br)cc3s2)C2CC3C[C@H]1C[C@@](OCc1c(-c4c(Cl)cccc4Cl)noc1C1CC1)(C3)C2. The molecular formula is C30H27BrCl2N2O3S. The van der Waals surface area contributed by atoms with Crippen molar-refractivity contribution in [1.29, 1.82) is 0 Å². The summed E-state index contributed by atoms with van der Waals surface area (Å²) in [7, 11) is 0. The first kappa shape index (κ1) is 25.2. The Balaban J connectivity index is 1.11. The van der Waals surface area contributed by atoms with E-state index < -0.39 is 5.60 Å². The van der Waals surface area contributed by atoms with Crippen LogP contribution in [0.4, 0.5) is 0 Å². The summed E-state index contributed by atoms with van der Waals surface area (Å²) in [6.07, 6.45) is 6.96. The molecule has 5 aliphatic carbocycles. The average molecular weight is 646 g/mol. The fourth-order valence-corrected chi connectivity index (χ4v) is 10.1. The molecule has 5 atom stereocenters. The minimum Gasteiger partial charge on any atom is -0.382 e. The van der Waals surface area contributed by atoms with Gasteiger partial charge in [0.15, 0.2) is 0 Å². The summed E-state index contributed by atoms with van der Waals surface area (Å²) in [6.45, 7) is 0.409. The highest BCUT2D eigenvalue weighted by atomic mass is 79.9. The molecule has 4 aromatic rings. The van der Waals surface area contributed by atoms with Crippen LogP contribution < -0.4 is 0 Å². The summed E-state index contributed by atoms with van der Waals surface area (Å²) in [5, 5.41) is 18.7. The first-order valence-corrected chi connectivity index (χ1v) is 16.1. The highest BCUT2D eigenvalue weighted by molar-refractivity contribution is 9.10. The van der Waals surface area contributed by atoms with Gasteiger partial charge in [0.05, 0.1) is 32.5 Å². The van der Waals surface area contributed by atoms with Crippen LogP contribution in [-0.2, 0) is 16.9 Å². The summed E-state index contributed by atoms with van der Waals surface area (Å²) >= 11 is 18.4. The van der Waals surface area contributed by atoms with Crippen molar-refractivity contribution in [2.75, 3.05) is 0 Å². The van der Waals surface area contributed by atoms with Crippen molar-refractivity contribution < 1.29 is 14.4 Å². The molecule has 5 aliphatic rings. The monoisotopic (exact) mass is 644 g/mol. The van der Waals surface area contributed by atoms with E-state index in [4.69, 9.17) is 37.4 Å². The maximum atomic E-state index is 12.3. The highest BCUT2D eigenvalue weighted by Gasteiger charge is 2.64. The van der Waals surface area contributed by atoms with Crippen LogP contribution in [0, 0.1) is 17.8 Å². The van der Waals surface area contributed by atoms with E-state index in [-0.39, 0.29) is 17.4 Å². The number of hydrogen-bond acceptors (Lipinski definition) is 6. The van der Waals surface area contributed by atoms with Gasteiger partial charge in [0, 0.05) is 21.5 Å². The lowest BCUT2D eigenvalue weighted by atomic mass is 9.48. The molecule has 4 bridgehead atoms. The fraction of sp³-hybridized carbons (Fsp3) is 0.467. The molecule has 39 heavy (non-hydrogen) atoms. The standard InChI is InChI=1S/C30H27BrCl2N2O3S/c31-19-6-7-23-24(10-19)39-28(34-23)30(36)17-8-15-9-18(30)13-29(11-15,12-17)37-14-20-26(35-38-27(20)16-4-5-16)25-21(32)2-1-3-22(25)33/h1-3,6-7,10,15-18,36H,4-5,8-9,11-14H2/t15?,17-,18?,29-,30+/m0/s1. The number of hydrogen-bond donors (Lipinski definition) is 1. The Morgan fingerprint density at radius 3 is 2.54 bits per heavy atom. The van der Waals surface area contributed by atoms with Crippen LogP contribution in [0.2, 0.25) is 10.0 Å². The number of benzene rings is 2. The van der Waals surface area contributed by atoms with Crippen molar-refractivity contribution in [1.82, 2.24) is 10.1 Å². The number of rotatable bonds is 6. The number of thiazole rings is 1. The molecule has 2 unspecified atom stereocenters. The lowest BCUT2D eigenvalue weighted by Crippen LogP contribution is -2.62. The maximum Gasteiger partial charge on any atom is 0.145 e. The Hall–Kier alpha value is -1.48. The zero-order valence-corrected chi connectivity index (χ0v) is 25.0. The predicted molar refractivity (Wildman–Crippen MR) is 156 cm³/mol. The minimum absolute atomic E-state index is 0.135. The number of aromatic nitrogens is 2. The molecule has 5 saturated carbocycles. The molecule has 0 radical (unpaired) electrons. The second kappa shape index (κ2) is 9.01. The van der Waals surface area contributed by atoms with Gasteiger partial charge in [0.2, 0.25) is 0 Å². The second-order valence-corrected chi connectivity index (χ2v) is 14.8. The Labute approximate surface area is 249 Å². The first-order valence-electron chi connectivity index (χ1n) is 13.7. The van der Waals surface area contributed by atoms with Crippen LogP contribution in [0.5, 0.6) is 0 Å². The quantitative estimate of drug-likeness (QED) is 0.227. The van der Waals surface area contributed by atoms with Crippen LogP contribution in [0.15, 0.2) is 45.4 Å². The second-order valence-electron chi connectivity index (χ2n) is 12.0. The zero-order chi connectivity index (χ0) is 26.5. The third kappa shape index (κ3) is 3.98. The number of ether oxygens (including phenoxy) is 1. The van der Waals surface area contributed by atoms with Crippen LogP contribution in [0.25, 0.3) is 21.5 Å². The molecule has 0 spiro atoms. The maximum absolute atomic E-state index is 12.3. The van der Waals surface area contributed by atoms with Crippen LogP contribution in [0.1, 0.15) is 67.2 Å². The topological polar surface area (TPSA) is 68.4 Å². The third-order valence-electron chi connectivity index (χ3n) is 9.56. The number of nitrogens with zero attached hydrogens (tertiary/aromatic N) is 2. The van der Waals surface area contributed by atoms with Gasteiger partial charge >= 0.3 is 0 Å². The van der Waals surface area contributed by atoms with Gasteiger partial charge in [-0.15, -0.1) is 11.3 Å². The van der Waals surface area contributed by atoms with Gasteiger partial charge in [0.25, 0.3) is 0 Å². The van der Waals surface area contributed by atoms with Gasteiger partial charge in [0.1, 0.15) is 22.1 Å². The van der Waals surface area contributed by atoms with E-state index in [1.54, 1.807) is 11.3 Å². The van der Waals surface area contributed by atoms with Crippen LogP contribution >= 0.6 is 50.5 Å². The summed E-state index contributed by atoms with van der Waals surface area (Å²) < 4.78 is 15.0. The van der Waals surface area contributed by atoms with Crippen LogP contribution in [0.3, 0.4) is 0 Å². The first-order chi connectivity index (χ1) is 18.8. The van der Waals surface area contributed by atoms with Crippen molar-refractivity contribution >= 4 is 60.7 Å². The van der Waals surface area contributed by atoms with Crippen molar-refractivity contribution in [2.24, 2.45) is 17.8 Å². The van der Waals surface area contributed by atoms with E-state index in [1.807, 2.05) is 30.3 Å². The lowest BCUT2D eigenvalue weighted by Gasteiger charge is -2.62. The molecule has 0 saturated heterocycles. The average Bonchev–Trinajstić information content (AvgIpc) is 3.52. The largest absolute Gasteiger partial charge is 0.382 e. The Bertz CT molecular complexity index is 1580. The summed E-state index contributed by atoms with van der Waals surface area (Å²) in [5.41, 5.74) is 2.16. The molecule has 1 N–H and O–H groups in total. The fourth-order valence-electron chi connectivity index (χ4n) is 7.78. The van der Waals surface area contributed by atoms with Gasteiger partial charge < -0.3 is 14.4 Å². The van der Waals surface area contributed by atoms with Crippen LogP contribution in [-0.4, -0.2) is 20.8 Å².